The number of amides is 1. The molecule has 1 amide bonds. The second-order valence-electron chi connectivity index (χ2n) is 5.89. The van der Waals surface area contributed by atoms with E-state index in [2.05, 4.69) is 23.8 Å². The molecule has 0 saturated carbocycles. The van der Waals surface area contributed by atoms with E-state index in [1.165, 1.54) is 0 Å². The van der Waals surface area contributed by atoms with Crippen LogP contribution in [0.4, 0.5) is 4.79 Å². The second-order valence-corrected chi connectivity index (χ2v) is 7.03. The monoisotopic (exact) mass is 395 g/mol. The van der Waals surface area contributed by atoms with E-state index in [1.807, 2.05) is 30.3 Å². The molecule has 0 heterocycles. The Labute approximate surface area is 165 Å². The topological polar surface area (TPSA) is 101 Å². The third-order valence-corrected chi connectivity index (χ3v) is 5.06. The van der Waals surface area contributed by atoms with Gasteiger partial charge < -0.3 is 20.1 Å². The smallest absolute Gasteiger partial charge is 0.429 e. The van der Waals surface area contributed by atoms with Gasteiger partial charge in [0.05, 0.1) is 0 Å². The van der Waals surface area contributed by atoms with E-state index in [0.29, 0.717) is 31.2 Å². The SMILES string of the molecule is CCC(CCC(=O)NCCCNC(=N)OC(=O)OCc1ccccc1)SC. The Bertz CT molecular complexity index is 580. The summed E-state index contributed by atoms with van der Waals surface area (Å²) in [6, 6.07) is 8.85. The molecule has 0 aliphatic heterocycles. The van der Waals surface area contributed by atoms with Crippen molar-refractivity contribution < 1.29 is 19.1 Å². The maximum Gasteiger partial charge on any atom is 0.516 e. The molecule has 27 heavy (non-hydrogen) atoms. The zero-order valence-electron chi connectivity index (χ0n) is 16.0. The molecular weight excluding hydrogens is 366 g/mol. The summed E-state index contributed by atoms with van der Waals surface area (Å²) in [5, 5.41) is 13.6. The van der Waals surface area contributed by atoms with Crippen molar-refractivity contribution in [2.75, 3.05) is 19.3 Å². The molecule has 1 aromatic rings. The van der Waals surface area contributed by atoms with Crippen LogP contribution < -0.4 is 10.6 Å². The van der Waals surface area contributed by atoms with Gasteiger partial charge in [0, 0.05) is 24.8 Å². The van der Waals surface area contributed by atoms with Gasteiger partial charge in [0.25, 0.3) is 6.02 Å². The number of hydrogen-bond donors (Lipinski definition) is 3. The molecule has 8 heteroatoms. The summed E-state index contributed by atoms with van der Waals surface area (Å²) >= 11 is 1.79. The van der Waals surface area contributed by atoms with Crippen molar-refractivity contribution >= 4 is 29.8 Å². The number of hydrogen-bond acceptors (Lipinski definition) is 6. The molecule has 150 valence electrons. The van der Waals surface area contributed by atoms with Gasteiger partial charge in [-0.1, -0.05) is 37.3 Å². The largest absolute Gasteiger partial charge is 0.516 e. The summed E-state index contributed by atoms with van der Waals surface area (Å²) in [6.45, 7) is 3.13. The molecular formula is C19H29N3O4S. The number of benzene rings is 1. The molecule has 1 aromatic carbocycles. The van der Waals surface area contributed by atoms with Crippen LogP contribution >= 0.6 is 11.8 Å². The Morgan fingerprint density at radius 1 is 1.19 bits per heavy atom. The minimum absolute atomic E-state index is 0.0401. The second kappa shape index (κ2) is 13.9. The summed E-state index contributed by atoms with van der Waals surface area (Å²) in [5.41, 5.74) is 0.840. The van der Waals surface area contributed by atoms with Gasteiger partial charge in [0.1, 0.15) is 6.61 Å². The molecule has 0 spiro atoms. The van der Waals surface area contributed by atoms with Gasteiger partial charge in [-0.15, -0.1) is 0 Å². The number of thioether (sulfide) groups is 1. The van der Waals surface area contributed by atoms with E-state index in [9.17, 15) is 9.59 Å². The summed E-state index contributed by atoms with van der Waals surface area (Å²) in [7, 11) is 0. The standard InChI is InChI=1S/C19H29N3O4S/c1-3-16(27-2)10-11-17(23)21-12-7-13-22-18(20)26-19(24)25-14-15-8-5-4-6-9-15/h4-6,8-9,16H,3,7,10-14H2,1-2H3,(H2,20,22)(H,21,23). The number of carbonyl (C=O) groups is 2. The molecule has 0 fully saturated rings. The van der Waals surface area contributed by atoms with Crippen molar-refractivity contribution in [3.05, 3.63) is 35.9 Å². The van der Waals surface area contributed by atoms with Crippen molar-refractivity contribution in [2.45, 2.75) is 44.5 Å². The van der Waals surface area contributed by atoms with Gasteiger partial charge in [-0.3, -0.25) is 10.2 Å². The van der Waals surface area contributed by atoms with Crippen molar-refractivity contribution in [1.29, 1.82) is 5.41 Å². The zero-order valence-corrected chi connectivity index (χ0v) is 16.8. The van der Waals surface area contributed by atoms with Crippen LogP contribution in [0.5, 0.6) is 0 Å². The molecule has 0 radical (unpaired) electrons. The summed E-state index contributed by atoms with van der Waals surface area (Å²) in [5.74, 6) is 0.0401. The lowest BCUT2D eigenvalue weighted by molar-refractivity contribution is -0.121. The normalized spacial score (nSPS) is 11.3. The minimum atomic E-state index is -0.927. The first-order valence-corrected chi connectivity index (χ1v) is 10.3. The maximum absolute atomic E-state index is 11.7. The average Bonchev–Trinajstić information content (AvgIpc) is 2.67. The van der Waals surface area contributed by atoms with E-state index < -0.39 is 6.16 Å². The molecule has 3 N–H and O–H groups in total. The van der Waals surface area contributed by atoms with Crippen LogP contribution in [-0.4, -0.2) is 42.7 Å². The van der Waals surface area contributed by atoms with Gasteiger partial charge in [-0.2, -0.15) is 11.8 Å². The van der Waals surface area contributed by atoms with E-state index in [4.69, 9.17) is 14.9 Å². The van der Waals surface area contributed by atoms with Crippen molar-refractivity contribution in [1.82, 2.24) is 10.6 Å². The van der Waals surface area contributed by atoms with Crippen LogP contribution in [0, 0.1) is 5.41 Å². The van der Waals surface area contributed by atoms with Gasteiger partial charge in [0.2, 0.25) is 5.91 Å². The molecule has 0 aliphatic rings. The van der Waals surface area contributed by atoms with Gasteiger partial charge in [-0.25, -0.2) is 4.79 Å². The fraction of sp³-hybridized carbons (Fsp3) is 0.526. The first-order chi connectivity index (χ1) is 13.0. The summed E-state index contributed by atoms with van der Waals surface area (Å²) in [6.07, 6.45) is 4.23. The number of rotatable bonds is 11. The first-order valence-electron chi connectivity index (χ1n) is 9.05. The van der Waals surface area contributed by atoms with Crippen LogP contribution in [0.3, 0.4) is 0 Å². The molecule has 1 rings (SSSR count). The molecule has 1 unspecified atom stereocenters. The molecule has 0 bridgehead atoms. The van der Waals surface area contributed by atoms with Crippen LogP contribution in [0.1, 0.15) is 38.2 Å². The van der Waals surface area contributed by atoms with E-state index >= 15 is 0 Å². The highest BCUT2D eigenvalue weighted by Crippen LogP contribution is 2.16. The van der Waals surface area contributed by atoms with Gasteiger partial charge >= 0.3 is 6.16 Å². The Morgan fingerprint density at radius 3 is 2.56 bits per heavy atom. The van der Waals surface area contributed by atoms with Crippen LogP contribution in [0.2, 0.25) is 0 Å². The summed E-state index contributed by atoms with van der Waals surface area (Å²) in [4.78, 5) is 23.2. The third-order valence-electron chi connectivity index (χ3n) is 3.83. The van der Waals surface area contributed by atoms with E-state index in [-0.39, 0.29) is 18.5 Å². The van der Waals surface area contributed by atoms with Crippen LogP contribution in [0.25, 0.3) is 0 Å². The Balaban J connectivity index is 2.04. The quantitative estimate of drug-likeness (QED) is 0.230. The molecule has 0 aromatic heterocycles. The van der Waals surface area contributed by atoms with Gasteiger partial charge in [0.15, 0.2) is 0 Å². The Kier molecular flexibility index (Phi) is 11.8. The summed E-state index contributed by atoms with van der Waals surface area (Å²) < 4.78 is 9.63. The maximum atomic E-state index is 11.7. The van der Waals surface area contributed by atoms with Crippen LogP contribution in [-0.2, 0) is 20.9 Å². The van der Waals surface area contributed by atoms with Crippen molar-refractivity contribution in [3.63, 3.8) is 0 Å². The zero-order chi connectivity index (χ0) is 19.9. The lowest BCUT2D eigenvalue weighted by Gasteiger charge is -2.11. The molecule has 0 aliphatic carbocycles. The number of carbonyl (C=O) groups excluding carboxylic acids is 2. The average molecular weight is 396 g/mol. The Hall–Kier alpha value is -2.22. The third kappa shape index (κ3) is 11.2. The lowest BCUT2D eigenvalue weighted by Crippen LogP contribution is -2.32. The fourth-order valence-electron chi connectivity index (χ4n) is 2.25. The van der Waals surface area contributed by atoms with Crippen molar-refractivity contribution in [2.24, 2.45) is 0 Å². The number of nitrogens with one attached hydrogen (secondary N) is 3. The number of amidine groups is 1. The fourth-order valence-corrected chi connectivity index (χ4v) is 2.94. The van der Waals surface area contributed by atoms with Gasteiger partial charge in [-0.05, 0) is 31.1 Å². The highest BCUT2D eigenvalue weighted by atomic mass is 32.2. The van der Waals surface area contributed by atoms with E-state index in [0.717, 1.165) is 18.4 Å². The molecule has 0 saturated heterocycles. The predicted molar refractivity (Wildman–Crippen MR) is 108 cm³/mol. The predicted octanol–water partition coefficient (Wildman–Crippen LogP) is 3.29. The van der Waals surface area contributed by atoms with Crippen molar-refractivity contribution in [3.8, 4) is 0 Å². The minimum Gasteiger partial charge on any atom is -0.429 e. The highest BCUT2D eigenvalue weighted by molar-refractivity contribution is 7.99. The van der Waals surface area contributed by atoms with E-state index in [1.54, 1.807) is 11.8 Å². The first kappa shape index (κ1) is 22.8. The molecule has 1 atom stereocenters. The highest BCUT2D eigenvalue weighted by Gasteiger charge is 2.09. The van der Waals surface area contributed by atoms with Crippen LogP contribution in [0.15, 0.2) is 30.3 Å². The number of ether oxygens (including phenoxy) is 2. The Morgan fingerprint density at radius 2 is 1.89 bits per heavy atom. The lowest BCUT2D eigenvalue weighted by atomic mass is 10.2. The molecule has 7 nitrogen and oxygen atoms in total.